The van der Waals surface area contributed by atoms with Gasteiger partial charge in [-0.2, -0.15) is 0 Å². The van der Waals surface area contributed by atoms with Gasteiger partial charge in [0, 0.05) is 6.08 Å². The predicted octanol–water partition coefficient (Wildman–Crippen LogP) is 1.42. The molecule has 0 aliphatic heterocycles. The minimum Gasteiger partial charge on any atom is -0.477 e. The Hall–Kier alpha value is -2.50. The van der Waals surface area contributed by atoms with E-state index in [9.17, 15) is 14.0 Å². The number of anilines is 1. The molecule has 88 valence electrons. The Balaban J connectivity index is 2.65. The fourth-order valence-corrected chi connectivity index (χ4v) is 0.967. The smallest absolute Gasteiger partial charge is 0.353 e. The van der Waals surface area contributed by atoms with Crippen LogP contribution in [0.4, 0.5) is 10.1 Å². The second kappa shape index (κ2) is 5.55. The molecule has 0 aliphatic rings. The molecule has 17 heavy (non-hydrogen) atoms. The summed E-state index contributed by atoms with van der Waals surface area (Å²) in [6.07, 6.45) is 1.67. The molecule has 0 spiro atoms. The number of carboxylic acids is 1. The first kappa shape index (κ1) is 12.6. The lowest BCUT2D eigenvalue weighted by atomic mass is 10.3. The Morgan fingerprint density at radius 1 is 1.29 bits per heavy atom. The minimum absolute atomic E-state index is 0.0102. The van der Waals surface area contributed by atoms with E-state index in [1.54, 1.807) is 6.07 Å². The SMILES string of the molecule is N=C(/C=C\C(=O)Nc1ccccc1F)C(=O)O. The van der Waals surface area contributed by atoms with E-state index in [0.29, 0.717) is 0 Å². The van der Waals surface area contributed by atoms with Crippen LogP contribution >= 0.6 is 0 Å². The molecule has 0 saturated heterocycles. The van der Waals surface area contributed by atoms with Crippen LogP contribution < -0.4 is 5.32 Å². The lowest BCUT2D eigenvalue weighted by Crippen LogP contribution is -2.12. The summed E-state index contributed by atoms with van der Waals surface area (Å²) in [5, 5.41) is 17.5. The van der Waals surface area contributed by atoms with Gasteiger partial charge in [0.05, 0.1) is 5.69 Å². The van der Waals surface area contributed by atoms with Crippen LogP contribution in [0.15, 0.2) is 36.4 Å². The van der Waals surface area contributed by atoms with Gasteiger partial charge >= 0.3 is 5.97 Å². The molecular formula is C11H9FN2O3. The third-order valence-corrected chi connectivity index (χ3v) is 1.76. The molecule has 5 nitrogen and oxygen atoms in total. The summed E-state index contributed by atoms with van der Waals surface area (Å²) in [4.78, 5) is 21.5. The van der Waals surface area contributed by atoms with Crippen LogP contribution in [0.3, 0.4) is 0 Å². The second-order valence-electron chi connectivity index (χ2n) is 3.02. The first-order valence-corrected chi connectivity index (χ1v) is 4.56. The number of carbonyl (C=O) groups is 2. The summed E-state index contributed by atoms with van der Waals surface area (Å²) in [6.45, 7) is 0. The first-order chi connectivity index (χ1) is 8.00. The highest BCUT2D eigenvalue weighted by Crippen LogP contribution is 2.11. The molecule has 0 heterocycles. The molecule has 0 aliphatic carbocycles. The standard InChI is InChI=1S/C11H9FN2O3/c12-7-3-1-2-4-9(7)14-10(15)6-5-8(13)11(16)17/h1-6,13H,(H,14,15)(H,16,17)/b6-5-,13-8?. The van der Waals surface area contributed by atoms with Crippen LogP contribution in [0.5, 0.6) is 0 Å². The van der Waals surface area contributed by atoms with Gasteiger partial charge in [0.1, 0.15) is 11.5 Å². The minimum atomic E-state index is -1.44. The maximum absolute atomic E-state index is 13.1. The van der Waals surface area contributed by atoms with E-state index in [4.69, 9.17) is 10.5 Å². The van der Waals surface area contributed by atoms with Gasteiger partial charge in [0.15, 0.2) is 0 Å². The van der Waals surface area contributed by atoms with Crippen molar-refractivity contribution in [2.75, 3.05) is 5.32 Å². The number of carbonyl (C=O) groups excluding carboxylic acids is 1. The summed E-state index contributed by atoms with van der Waals surface area (Å²) in [5.41, 5.74) is -0.738. The van der Waals surface area contributed by atoms with Crippen molar-refractivity contribution in [3.8, 4) is 0 Å². The highest BCUT2D eigenvalue weighted by Gasteiger charge is 2.05. The fraction of sp³-hybridized carbons (Fsp3) is 0. The second-order valence-corrected chi connectivity index (χ2v) is 3.02. The third kappa shape index (κ3) is 3.86. The number of amides is 1. The van der Waals surface area contributed by atoms with E-state index < -0.39 is 23.4 Å². The molecule has 0 aromatic heterocycles. The van der Waals surface area contributed by atoms with Crippen molar-refractivity contribution in [2.24, 2.45) is 0 Å². The van der Waals surface area contributed by atoms with Crippen LogP contribution in [0.25, 0.3) is 0 Å². The number of para-hydroxylation sites is 1. The van der Waals surface area contributed by atoms with E-state index in [-0.39, 0.29) is 5.69 Å². The highest BCUT2D eigenvalue weighted by atomic mass is 19.1. The van der Waals surface area contributed by atoms with Crippen LogP contribution in [-0.4, -0.2) is 22.7 Å². The van der Waals surface area contributed by atoms with Gasteiger partial charge in [0.2, 0.25) is 5.91 Å². The largest absolute Gasteiger partial charge is 0.477 e. The Morgan fingerprint density at radius 2 is 1.94 bits per heavy atom. The van der Waals surface area contributed by atoms with Crippen molar-refractivity contribution in [2.45, 2.75) is 0 Å². The molecule has 3 N–H and O–H groups in total. The van der Waals surface area contributed by atoms with Crippen LogP contribution in [-0.2, 0) is 9.59 Å². The van der Waals surface area contributed by atoms with Crippen molar-refractivity contribution < 1.29 is 19.1 Å². The quantitative estimate of drug-likeness (QED) is 0.545. The van der Waals surface area contributed by atoms with Crippen LogP contribution in [0, 0.1) is 11.2 Å². The van der Waals surface area contributed by atoms with Crippen LogP contribution in [0.2, 0.25) is 0 Å². The number of carboxylic acid groups (broad SMARTS) is 1. The molecule has 0 unspecified atom stereocenters. The predicted molar refractivity (Wildman–Crippen MR) is 59.5 cm³/mol. The number of benzene rings is 1. The molecule has 1 rings (SSSR count). The van der Waals surface area contributed by atoms with Crippen molar-refractivity contribution >= 4 is 23.3 Å². The van der Waals surface area contributed by atoms with Crippen molar-refractivity contribution in [1.82, 2.24) is 0 Å². The van der Waals surface area contributed by atoms with E-state index in [2.05, 4.69) is 5.32 Å². The number of hydrogen-bond acceptors (Lipinski definition) is 3. The molecule has 1 aromatic rings. The lowest BCUT2D eigenvalue weighted by Gasteiger charge is -2.02. The van der Waals surface area contributed by atoms with Crippen molar-refractivity contribution in [3.63, 3.8) is 0 Å². The van der Waals surface area contributed by atoms with Gasteiger partial charge in [-0.25, -0.2) is 9.18 Å². The zero-order valence-electron chi connectivity index (χ0n) is 8.61. The van der Waals surface area contributed by atoms with Gasteiger partial charge in [-0.1, -0.05) is 12.1 Å². The van der Waals surface area contributed by atoms with Gasteiger partial charge in [0.25, 0.3) is 0 Å². The molecule has 6 heteroatoms. The molecule has 0 radical (unpaired) electrons. The summed E-state index contributed by atoms with van der Waals surface area (Å²) >= 11 is 0. The average molecular weight is 236 g/mol. The zero-order valence-corrected chi connectivity index (χ0v) is 8.61. The Morgan fingerprint density at radius 3 is 2.53 bits per heavy atom. The van der Waals surface area contributed by atoms with Gasteiger partial charge in [-0.3, -0.25) is 10.2 Å². The lowest BCUT2D eigenvalue weighted by molar-refractivity contribution is -0.129. The molecule has 0 atom stereocenters. The molecule has 0 fully saturated rings. The number of nitrogens with one attached hydrogen (secondary N) is 2. The van der Waals surface area contributed by atoms with Gasteiger partial charge < -0.3 is 10.4 Å². The molecule has 0 bridgehead atoms. The zero-order chi connectivity index (χ0) is 12.8. The maximum Gasteiger partial charge on any atom is 0.353 e. The number of hydrogen-bond donors (Lipinski definition) is 3. The fourth-order valence-electron chi connectivity index (χ4n) is 0.967. The summed E-state index contributed by atoms with van der Waals surface area (Å²) in [6, 6.07) is 5.56. The number of halogens is 1. The summed E-state index contributed by atoms with van der Waals surface area (Å²) in [5.74, 6) is -2.75. The van der Waals surface area contributed by atoms with E-state index in [1.165, 1.54) is 18.2 Å². The molecule has 1 amide bonds. The van der Waals surface area contributed by atoms with Gasteiger partial charge in [-0.05, 0) is 18.2 Å². The van der Waals surface area contributed by atoms with E-state index in [1.807, 2.05) is 0 Å². The Kier molecular flexibility index (Phi) is 4.10. The topological polar surface area (TPSA) is 90.3 Å². The Bertz CT molecular complexity index is 497. The van der Waals surface area contributed by atoms with E-state index in [0.717, 1.165) is 12.2 Å². The maximum atomic E-state index is 13.1. The van der Waals surface area contributed by atoms with Crippen molar-refractivity contribution in [3.05, 3.63) is 42.2 Å². The van der Waals surface area contributed by atoms with Crippen molar-refractivity contribution in [1.29, 1.82) is 5.41 Å². The van der Waals surface area contributed by atoms with Gasteiger partial charge in [-0.15, -0.1) is 0 Å². The molecular weight excluding hydrogens is 227 g/mol. The highest BCUT2D eigenvalue weighted by molar-refractivity contribution is 6.39. The van der Waals surface area contributed by atoms with Crippen LogP contribution in [0.1, 0.15) is 0 Å². The summed E-state index contributed by atoms with van der Waals surface area (Å²) < 4.78 is 13.1. The molecule has 1 aromatic carbocycles. The third-order valence-electron chi connectivity index (χ3n) is 1.76. The average Bonchev–Trinajstić information content (AvgIpc) is 2.29. The number of aliphatic carboxylic acids is 1. The van der Waals surface area contributed by atoms with E-state index >= 15 is 0 Å². The normalized spacial score (nSPS) is 10.2. The number of rotatable bonds is 4. The monoisotopic (exact) mass is 236 g/mol. The Labute approximate surface area is 96.1 Å². The summed E-state index contributed by atoms with van der Waals surface area (Å²) in [7, 11) is 0. The molecule has 0 saturated carbocycles. The first-order valence-electron chi connectivity index (χ1n) is 4.56.